The third kappa shape index (κ3) is 1.93. The summed E-state index contributed by atoms with van der Waals surface area (Å²) in [5, 5.41) is 7.83. The maximum atomic E-state index is 4.48. The number of nitrogens with one attached hydrogen (secondary N) is 1. The molecule has 0 saturated heterocycles. The van der Waals surface area contributed by atoms with Crippen molar-refractivity contribution in [3.8, 4) is 0 Å². The molecule has 4 heteroatoms. The Labute approximate surface area is 105 Å². The average Bonchev–Trinajstić information content (AvgIpc) is 2.71. The molecule has 0 amide bonds. The zero-order valence-electron chi connectivity index (χ0n) is 10.4. The molecule has 1 aromatic carbocycles. The van der Waals surface area contributed by atoms with E-state index in [-0.39, 0.29) is 0 Å². The van der Waals surface area contributed by atoms with Gasteiger partial charge < -0.3 is 5.32 Å². The fourth-order valence-electron chi connectivity index (χ4n) is 2.02. The highest BCUT2D eigenvalue weighted by Crippen LogP contribution is 2.24. The van der Waals surface area contributed by atoms with Crippen molar-refractivity contribution >= 4 is 22.4 Å². The summed E-state index contributed by atoms with van der Waals surface area (Å²) in [5.74, 6) is 0. The van der Waals surface area contributed by atoms with E-state index in [9.17, 15) is 0 Å². The van der Waals surface area contributed by atoms with Crippen LogP contribution in [0.4, 0.5) is 11.4 Å². The molecule has 0 aliphatic rings. The molecule has 0 saturated carbocycles. The van der Waals surface area contributed by atoms with Crippen molar-refractivity contribution < 1.29 is 0 Å². The fourth-order valence-corrected chi connectivity index (χ4v) is 2.02. The molecule has 0 spiro atoms. The summed E-state index contributed by atoms with van der Waals surface area (Å²) in [6.07, 6.45) is 1.93. The van der Waals surface area contributed by atoms with Gasteiger partial charge in [-0.1, -0.05) is 18.2 Å². The largest absolute Gasteiger partial charge is 0.354 e. The van der Waals surface area contributed by atoms with Gasteiger partial charge >= 0.3 is 0 Å². The summed E-state index contributed by atoms with van der Waals surface area (Å²) in [7, 11) is 1.91. The van der Waals surface area contributed by atoms with Crippen molar-refractivity contribution in [2.24, 2.45) is 7.05 Å². The van der Waals surface area contributed by atoms with E-state index < -0.39 is 0 Å². The van der Waals surface area contributed by atoms with E-state index in [1.165, 1.54) is 0 Å². The predicted octanol–water partition coefficient (Wildman–Crippen LogP) is 3.02. The van der Waals surface area contributed by atoms with Crippen molar-refractivity contribution in [2.45, 2.75) is 6.92 Å². The van der Waals surface area contributed by atoms with Crippen LogP contribution in [-0.2, 0) is 7.05 Å². The topological polar surface area (TPSA) is 42.7 Å². The Morgan fingerprint density at radius 2 is 1.94 bits per heavy atom. The first kappa shape index (κ1) is 10.8. The van der Waals surface area contributed by atoms with E-state index in [0.29, 0.717) is 0 Å². The molecule has 18 heavy (non-hydrogen) atoms. The molecule has 0 fully saturated rings. The quantitative estimate of drug-likeness (QED) is 0.746. The Morgan fingerprint density at radius 3 is 2.72 bits per heavy atom. The molecular weight excluding hydrogens is 224 g/mol. The number of benzene rings is 1. The molecule has 4 nitrogen and oxygen atoms in total. The summed E-state index contributed by atoms with van der Waals surface area (Å²) in [6.45, 7) is 1.99. The summed E-state index contributed by atoms with van der Waals surface area (Å²) in [4.78, 5) is 4.48. The number of nitrogens with zero attached hydrogens (tertiary/aromatic N) is 3. The summed E-state index contributed by atoms with van der Waals surface area (Å²) >= 11 is 0. The highest BCUT2D eigenvalue weighted by molar-refractivity contribution is 5.89. The van der Waals surface area contributed by atoms with Crippen molar-refractivity contribution in [1.29, 1.82) is 0 Å². The normalized spacial score (nSPS) is 10.8. The van der Waals surface area contributed by atoms with Crippen molar-refractivity contribution in [3.63, 3.8) is 0 Å². The Hall–Kier alpha value is -2.36. The monoisotopic (exact) mass is 238 g/mol. The van der Waals surface area contributed by atoms with E-state index >= 15 is 0 Å². The zero-order valence-corrected chi connectivity index (χ0v) is 10.4. The first-order chi connectivity index (χ1) is 8.72. The van der Waals surface area contributed by atoms with Crippen LogP contribution in [0.1, 0.15) is 5.69 Å². The summed E-state index contributed by atoms with van der Waals surface area (Å²) < 4.78 is 1.78. The predicted molar refractivity (Wildman–Crippen MR) is 73.0 cm³/mol. The molecule has 0 bridgehead atoms. The highest BCUT2D eigenvalue weighted by Gasteiger charge is 2.07. The molecule has 0 radical (unpaired) electrons. The van der Waals surface area contributed by atoms with Crippen LogP contribution in [-0.4, -0.2) is 14.8 Å². The minimum atomic E-state index is 0.895. The van der Waals surface area contributed by atoms with Crippen LogP contribution in [0, 0.1) is 6.92 Å². The molecule has 1 N–H and O–H groups in total. The van der Waals surface area contributed by atoms with Crippen LogP contribution in [0.5, 0.6) is 0 Å². The second-order valence-corrected chi connectivity index (χ2v) is 4.34. The zero-order chi connectivity index (χ0) is 12.5. The summed E-state index contributed by atoms with van der Waals surface area (Å²) in [5.41, 5.74) is 4.83. The van der Waals surface area contributed by atoms with Gasteiger partial charge in [0.15, 0.2) is 0 Å². The average molecular weight is 238 g/mol. The lowest BCUT2D eigenvalue weighted by Crippen LogP contribution is -1.94. The number of pyridine rings is 1. The highest BCUT2D eigenvalue weighted by atomic mass is 15.3. The molecule has 0 aliphatic heterocycles. The molecule has 0 unspecified atom stereocenters. The molecule has 0 atom stereocenters. The van der Waals surface area contributed by atoms with Crippen LogP contribution in [0.15, 0.2) is 42.6 Å². The second-order valence-electron chi connectivity index (χ2n) is 4.34. The van der Waals surface area contributed by atoms with E-state index in [1.807, 2.05) is 56.6 Å². The van der Waals surface area contributed by atoms with Crippen LogP contribution in [0.2, 0.25) is 0 Å². The van der Waals surface area contributed by atoms with E-state index in [4.69, 9.17) is 0 Å². The number of fused-ring (bicyclic) bond motifs is 1. The van der Waals surface area contributed by atoms with Crippen molar-refractivity contribution in [3.05, 3.63) is 48.3 Å². The van der Waals surface area contributed by atoms with Gasteiger partial charge in [0.2, 0.25) is 0 Å². The van der Waals surface area contributed by atoms with Crippen LogP contribution in [0.3, 0.4) is 0 Å². The van der Waals surface area contributed by atoms with Crippen LogP contribution in [0.25, 0.3) is 11.0 Å². The third-order valence-corrected chi connectivity index (χ3v) is 2.77. The SMILES string of the molecule is Cc1cc(Nc2ccccc2)c2nn(C)cc2n1. The maximum Gasteiger partial charge on any atom is 0.134 e. The minimum Gasteiger partial charge on any atom is -0.354 e. The standard InChI is InChI=1S/C14H14N4/c1-10-8-12(16-11-6-4-3-5-7-11)14-13(15-10)9-18(2)17-14/h3-9,16H,1-2H3. The Bertz CT molecular complexity index is 686. The van der Waals surface area contributed by atoms with Gasteiger partial charge in [-0.2, -0.15) is 5.10 Å². The van der Waals surface area contributed by atoms with Crippen LogP contribution < -0.4 is 5.32 Å². The fraction of sp³-hybridized carbons (Fsp3) is 0.143. The third-order valence-electron chi connectivity index (χ3n) is 2.77. The van der Waals surface area contributed by atoms with Gasteiger partial charge in [0.1, 0.15) is 11.0 Å². The number of para-hydroxylation sites is 1. The van der Waals surface area contributed by atoms with Gasteiger partial charge in [0.05, 0.1) is 11.9 Å². The Morgan fingerprint density at radius 1 is 1.17 bits per heavy atom. The van der Waals surface area contributed by atoms with Gasteiger partial charge in [-0.25, -0.2) is 4.98 Å². The molecule has 2 heterocycles. The molecule has 3 rings (SSSR count). The summed E-state index contributed by atoms with van der Waals surface area (Å²) in [6, 6.07) is 12.1. The first-order valence-corrected chi connectivity index (χ1v) is 5.85. The molecule has 2 aromatic heterocycles. The number of rotatable bonds is 2. The number of hydrogen-bond acceptors (Lipinski definition) is 3. The smallest absolute Gasteiger partial charge is 0.134 e. The Kier molecular flexibility index (Phi) is 2.48. The maximum absolute atomic E-state index is 4.48. The first-order valence-electron chi connectivity index (χ1n) is 5.85. The number of hydrogen-bond donors (Lipinski definition) is 1. The van der Waals surface area contributed by atoms with Gasteiger partial charge in [0, 0.05) is 18.4 Å². The molecular formula is C14H14N4. The Balaban J connectivity index is 2.10. The van der Waals surface area contributed by atoms with Gasteiger partial charge in [-0.15, -0.1) is 0 Å². The van der Waals surface area contributed by atoms with E-state index in [2.05, 4.69) is 15.4 Å². The second kappa shape index (κ2) is 4.14. The molecule has 3 aromatic rings. The van der Waals surface area contributed by atoms with Crippen molar-refractivity contribution in [1.82, 2.24) is 14.8 Å². The van der Waals surface area contributed by atoms with Gasteiger partial charge in [0.25, 0.3) is 0 Å². The lowest BCUT2D eigenvalue weighted by molar-refractivity contribution is 0.780. The lowest BCUT2D eigenvalue weighted by atomic mass is 10.2. The van der Waals surface area contributed by atoms with Gasteiger partial charge in [-0.3, -0.25) is 4.68 Å². The van der Waals surface area contributed by atoms with E-state index in [0.717, 1.165) is 28.1 Å². The minimum absolute atomic E-state index is 0.895. The van der Waals surface area contributed by atoms with Crippen LogP contribution >= 0.6 is 0 Å². The van der Waals surface area contributed by atoms with Gasteiger partial charge in [-0.05, 0) is 25.1 Å². The van der Waals surface area contributed by atoms with E-state index in [1.54, 1.807) is 4.68 Å². The lowest BCUT2D eigenvalue weighted by Gasteiger charge is -2.07. The molecule has 0 aliphatic carbocycles. The van der Waals surface area contributed by atoms with Crippen molar-refractivity contribution in [2.75, 3.05) is 5.32 Å². The number of anilines is 2. The number of aryl methyl sites for hydroxylation is 2. The molecule has 90 valence electrons. The number of aromatic nitrogens is 3.